The third-order valence-electron chi connectivity index (χ3n) is 5.58. The van der Waals surface area contributed by atoms with Crippen LogP contribution in [-0.2, 0) is 17.1 Å². The molecule has 0 spiro atoms. The number of anilines is 1. The fourth-order valence-electron chi connectivity index (χ4n) is 3.78. The fraction of sp³-hybridized carbons (Fsp3) is 0.364. The Kier molecular flexibility index (Phi) is 6.09. The number of hydrogen-bond donors (Lipinski definition) is 1. The molecular formula is C22H25FN4O3S2. The summed E-state index contributed by atoms with van der Waals surface area (Å²) in [5.41, 5.74) is 2.05. The highest BCUT2D eigenvalue weighted by atomic mass is 32.2. The first kappa shape index (κ1) is 22.5. The fourth-order valence-corrected chi connectivity index (χ4v) is 6.08. The summed E-state index contributed by atoms with van der Waals surface area (Å²) in [4.78, 5) is 20.0. The van der Waals surface area contributed by atoms with Crippen LogP contribution in [0.1, 0.15) is 40.2 Å². The number of carbonyl (C=O) groups is 1. The third-order valence-corrected chi connectivity index (χ3v) is 8.08. The Morgan fingerprint density at radius 3 is 2.56 bits per heavy atom. The van der Waals surface area contributed by atoms with Gasteiger partial charge in [0.05, 0.1) is 17.1 Å². The molecule has 7 nitrogen and oxygen atoms in total. The number of thiazole rings is 1. The van der Waals surface area contributed by atoms with E-state index in [-0.39, 0.29) is 10.8 Å². The first-order valence-corrected chi connectivity index (χ1v) is 12.7. The van der Waals surface area contributed by atoms with E-state index in [1.54, 1.807) is 25.5 Å². The van der Waals surface area contributed by atoms with E-state index in [9.17, 15) is 17.6 Å². The van der Waals surface area contributed by atoms with Gasteiger partial charge in [-0.25, -0.2) is 17.8 Å². The number of nitrogens with zero attached hydrogens (tertiary/aromatic N) is 3. The molecule has 0 saturated carbocycles. The van der Waals surface area contributed by atoms with Crippen molar-refractivity contribution in [2.24, 2.45) is 7.05 Å². The lowest BCUT2D eigenvalue weighted by molar-refractivity contribution is 0.0728. The molecule has 0 atom stereocenters. The smallest absolute Gasteiger partial charge is 0.265 e. The van der Waals surface area contributed by atoms with E-state index in [2.05, 4.69) is 9.71 Å². The van der Waals surface area contributed by atoms with Crippen LogP contribution in [-0.4, -0.2) is 41.9 Å². The topological polar surface area (TPSA) is 84.3 Å². The normalized spacial score (nSPS) is 14.6. The molecule has 1 saturated heterocycles. The van der Waals surface area contributed by atoms with Crippen molar-refractivity contribution in [2.45, 2.75) is 38.0 Å². The van der Waals surface area contributed by atoms with E-state index in [0.29, 0.717) is 32.5 Å². The van der Waals surface area contributed by atoms with Crippen molar-refractivity contribution in [1.29, 1.82) is 0 Å². The molecule has 1 aliphatic heterocycles. The molecular weight excluding hydrogens is 451 g/mol. The number of sulfonamides is 1. The molecule has 0 unspecified atom stereocenters. The average molecular weight is 477 g/mol. The molecule has 1 aliphatic rings. The van der Waals surface area contributed by atoms with E-state index >= 15 is 0 Å². The predicted octanol–water partition coefficient (Wildman–Crippen LogP) is 4.33. The first-order chi connectivity index (χ1) is 15.2. The quantitative estimate of drug-likeness (QED) is 0.594. The molecule has 0 bridgehead atoms. The van der Waals surface area contributed by atoms with Gasteiger partial charge in [0, 0.05) is 26.3 Å². The van der Waals surface area contributed by atoms with Gasteiger partial charge in [0.2, 0.25) is 0 Å². The van der Waals surface area contributed by atoms with Crippen LogP contribution < -0.4 is 4.72 Å². The second kappa shape index (κ2) is 8.67. The highest BCUT2D eigenvalue weighted by molar-refractivity contribution is 7.92. The van der Waals surface area contributed by atoms with Crippen molar-refractivity contribution in [3.05, 3.63) is 52.4 Å². The molecule has 1 aromatic carbocycles. The zero-order valence-electron chi connectivity index (χ0n) is 18.2. The highest BCUT2D eigenvalue weighted by Gasteiger charge is 2.25. The van der Waals surface area contributed by atoms with Gasteiger partial charge in [-0.05, 0) is 62.9 Å². The van der Waals surface area contributed by atoms with Crippen LogP contribution in [0.25, 0.3) is 10.7 Å². The van der Waals surface area contributed by atoms with Gasteiger partial charge in [-0.1, -0.05) is 0 Å². The Hall–Kier alpha value is -2.72. The number of hydrogen-bond acceptors (Lipinski definition) is 5. The van der Waals surface area contributed by atoms with Gasteiger partial charge in [-0.15, -0.1) is 11.3 Å². The predicted molar refractivity (Wildman–Crippen MR) is 123 cm³/mol. The molecule has 3 heterocycles. The van der Waals surface area contributed by atoms with Gasteiger partial charge >= 0.3 is 0 Å². The number of amides is 1. The molecule has 4 rings (SSSR count). The minimum Gasteiger partial charge on any atom is -0.347 e. The van der Waals surface area contributed by atoms with Crippen LogP contribution in [0.15, 0.2) is 35.4 Å². The van der Waals surface area contributed by atoms with Gasteiger partial charge in [0.25, 0.3) is 15.9 Å². The maximum atomic E-state index is 13.3. The number of nitrogens with one attached hydrogen (secondary N) is 1. The van der Waals surface area contributed by atoms with Crippen molar-refractivity contribution in [1.82, 2.24) is 14.5 Å². The lowest BCUT2D eigenvalue weighted by Crippen LogP contribution is -2.35. The van der Waals surface area contributed by atoms with E-state index < -0.39 is 15.8 Å². The number of halogens is 1. The molecule has 170 valence electrons. The molecule has 32 heavy (non-hydrogen) atoms. The zero-order chi connectivity index (χ0) is 23.0. The van der Waals surface area contributed by atoms with Gasteiger partial charge in [0.1, 0.15) is 20.6 Å². The summed E-state index contributed by atoms with van der Waals surface area (Å²) >= 11 is 1.28. The van der Waals surface area contributed by atoms with Crippen LogP contribution in [0.3, 0.4) is 0 Å². The molecule has 3 aromatic rings. The number of aromatic nitrogens is 2. The van der Waals surface area contributed by atoms with Crippen LogP contribution in [0, 0.1) is 19.7 Å². The van der Waals surface area contributed by atoms with Crippen molar-refractivity contribution in [2.75, 3.05) is 17.8 Å². The summed E-state index contributed by atoms with van der Waals surface area (Å²) in [5.74, 6) is -0.442. The van der Waals surface area contributed by atoms with E-state index in [1.165, 1.54) is 41.8 Å². The summed E-state index contributed by atoms with van der Waals surface area (Å²) in [7, 11) is -2.15. The van der Waals surface area contributed by atoms with Gasteiger partial charge < -0.3 is 9.47 Å². The highest BCUT2D eigenvalue weighted by Crippen LogP contribution is 2.32. The molecule has 1 fully saturated rings. The number of likely N-dealkylation sites (tertiary alicyclic amines) is 1. The monoisotopic (exact) mass is 476 g/mol. The number of benzene rings is 1. The van der Waals surface area contributed by atoms with E-state index in [0.717, 1.165) is 32.4 Å². The molecule has 1 N–H and O–H groups in total. The summed E-state index contributed by atoms with van der Waals surface area (Å²) in [6, 6.07) is 5.41. The number of piperidine rings is 1. The molecule has 10 heteroatoms. The second-order valence-electron chi connectivity index (χ2n) is 8.02. The molecule has 0 radical (unpaired) electrons. The van der Waals surface area contributed by atoms with Crippen molar-refractivity contribution in [3.8, 4) is 10.7 Å². The zero-order valence-corrected chi connectivity index (χ0v) is 19.8. The average Bonchev–Trinajstić information content (AvgIpc) is 3.33. The molecule has 0 aliphatic carbocycles. The maximum absolute atomic E-state index is 13.3. The largest absolute Gasteiger partial charge is 0.347 e. The SMILES string of the molecule is Cc1cc(F)ccc1NS(=O)(=O)c1cc(-c2nc(C)c(C(=O)N3CCCCC3)s2)n(C)c1. The summed E-state index contributed by atoms with van der Waals surface area (Å²) < 4.78 is 43.4. The Balaban J connectivity index is 1.61. The van der Waals surface area contributed by atoms with Crippen LogP contribution >= 0.6 is 11.3 Å². The maximum Gasteiger partial charge on any atom is 0.265 e. The number of aryl methyl sites for hydroxylation is 3. The second-order valence-corrected chi connectivity index (χ2v) is 10.7. The number of carbonyl (C=O) groups excluding carboxylic acids is 1. The van der Waals surface area contributed by atoms with Crippen LogP contribution in [0.4, 0.5) is 10.1 Å². The van der Waals surface area contributed by atoms with Crippen LogP contribution in [0.2, 0.25) is 0 Å². The number of rotatable bonds is 5. The minimum atomic E-state index is -3.89. The third kappa shape index (κ3) is 4.42. The summed E-state index contributed by atoms with van der Waals surface area (Å²) in [6.45, 7) is 4.95. The van der Waals surface area contributed by atoms with E-state index in [4.69, 9.17) is 0 Å². The Morgan fingerprint density at radius 1 is 1.16 bits per heavy atom. The standard InChI is InChI=1S/C22H25FN4O3S2/c1-14-11-16(23)7-8-18(14)25-32(29,30)17-12-19(26(3)13-17)21-24-15(2)20(31-21)22(28)27-9-5-4-6-10-27/h7-8,11-13,25H,4-6,9-10H2,1-3H3. The molecule has 1 amide bonds. The van der Waals surface area contributed by atoms with Crippen molar-refractivity contribution >= 4 is 33.0 Å². The van der Waals surface area contributed by atoms with Gasteiger partial charge in [0.15, 0.2) is 0 Å². The van der Waals surface area contributed by atoms with E-state index in [1.807, 2.05) is 4.90 Å². The Labute approximate surface area is 191 Å². The Bertz CT molecular complexity index is 1270. The van der Waals surface area contributed by atoms with Gasteiger partial charge in [-0.2, -0.15) is 0 Å². The van der Waals surface area contributed by atoms with Crippen LogP contribution in [0.5, 0.6) is 0 Å². The molecule has 2 aromatic heterocycles. The van der Waals surface area contributed by atoms with Crippen molar-refractivity contribution < 1.29 is 17.6 Å². The van der Waals surface area contributed by atoms with Crippen molar-refractivity contribution in [3.63, 3.8) is 0 Å². The minimum absolute atomic E-state index is 0.0125. The summed E-state index contributed by atoms with van der Waals surface area (Å²) in [6.07, 6.45) is 4.66. The Morgan fingerprint density at radius 2 is 1.88 bits per heavy atom. The summed E-state index contributed by atoms with van der Waals surface area (Å²) in [5, 5.41) is 0.588. The lowest BCUT2D eigenvalue weighted by atomic mass is 10.1. The lowest BCUT2D eigenvalue weighted by Gasteiger charge is -2.26. The first-order valence-electron chi connectivity index (χ1n) is 10.4. The van der Waals surface area contributed by atoms with Gasteiger partial charge in [-0.3, -0.25) is 9.52 Å².